The summed E-state index contributed by atoms with van der Waals surface area (Å²) in [7, 11) is 0. The molecule has 1 aromatic heterocycles. The fourth-order valence-corrected chi connectivity index (χ4v) is 2.03. The minimum absolute atomic E-state index is 0.108. The van der Waals surface area contributed by atoms with Crippen LogP contribution in [0, 0.1) is 6.92 Å². The van der Waals surface area contributed by atoms with Crippen LogP contribution in [0.25, 0.3) is 11.5 Å². The van der Waals surface area contributed by atoms with Gasteiger partial charge in [0.05, 0.1) is 6.42 Å². The lowest BCUT2D eigenvalue weighted by Crippen LogP contribution is -2.14. The summed E-state index contributed by atoms with van der Waals surface area (Å²) in [6.07, 6.45) is 0.267. The quantitative estimate of drug-likeness (QED) is 0.802. The first-order valence-corrected chi connectivity index (χ1v) is 6.95. The summed E-state index contributed by atoms with van der Waals surface area (Å²) in [6.45, 7) is 2.01. The van der Waals surface area contributed by atoms with Crippen LogP contribution in [0.2, 0.25) is 0 Å². The molecule has 5 heteroatoms. The van der Waals surface area contributed by atoms with Crippen LogP contribution in [-0.2, 0) is 11.2 Å². The van der Waals surface area contributed by atoms with Crippen molar-refractivity contribution in [3.8, 4) is 11.5 Å². The van der Waals surface area contributed by atoms with Gasteiger partial charge in [0.25, 0.3) is 0 Å². The molecule has 3 aromatic rings. The third kappa shape index (κ3) is 3.38. The molecule has 0 spiro atoms. The van der Waals surface area contributed by atoms with Gasteiger partial charge in [0.15, 0.2) is 0 Å². The molecule has 22 heavy (non-hydrogen) atoms. The molecule has 1 N–H and O–H groups in total. The summed E-state index contributed by atoms with van der Waals surface area (Å²) in [6, 6.07) is 17.3. The molecule has 5 nitrogen and oxygen atoms in total. The van der Waals surface area contributed by atoms with E-state index in [1.807, 2.05) is 61.5 Å². The van der Waals surface area contributed by atoms with Crippen molar-refractivity contribution < 1.29 is 9.21 Å². The molecule has 0 radical (unpaired) electrons. The number of carbonyl (C=O) groups is 1. The number of rotatable bonds is 4. The van der Waals surface area contributed by atoms with E-state index in [-0.39, 0.29) is 18.3 Å². The van der Waals surface area contributed by atoms with Crippen LogP contribution in [0.3, 0.4) is 0 Å². The van der Waals surface area contributed by atoms with E-state index in [2.05, 4.69) is 15.5 Å². The van der Waals surface area contributed by atoms with Crippen molar-refractivity contribution in [1.29, 1.82) is 0 Å². The number of benzene rings is 2. The molecular weight excluding hydrogens is 278 g/mol. The predicted octanol–water partition coefficient (Wildman–Crippen LogP) is 3.23. The first-order chi connectivity index (χ1) is 10.7. The Hall–Kier alpha value is -2.95. The average Bonchev–Trinajstić information content (AvgIpc) is 2.97. The van der Waals surface area contributed by atoms with Gasteiger partial charge in [0.2, 0.25) is 11.8 Å². The van der Waals surface area contributed by atoms with Crippen LogP contribution in [0.1, 0.15) is 11.1 Å². The maximum atomic E-state index is 11.9. The summed E-state index contributed by atoms with van der Waals surface area (Å²) < 4.78 is 5.46. The van der Waals surface area contributed by atoms with Gasteiger partial charge in [0.1, 0.15) is 0 Å². The van der Waals surface area contributed by atoms with Crippen LogP contribution in [0.4, 0.5) is 6.01 Å². The Morgan fingerprint density at radius 3 is 2.50 bits per heavy atom. The fourth-order valence-electron chi connectivity index (χ4n) is 2.03. The van der Waals surface area contributed by atoms with Crippen LogP contribution < -0.4 is 5.32 Å². The molecule has 110 valence electrons. The number of aryl methyl sites for hydroxylation is 1. The van der Waals surface area contributed by atoms with Gasteiger partial charge in [-0.15, -0.1) is 5.10 Å². The highest BCUT2D eigenvalue weighted by atomic mass is 16.4. The zero-order chi connectivity index (χ0) is 15.4. The van der Waals surface area contributed by atoms with Gasteiger partial charge in [0, 0.05) is 5.56 Å². The van der Waals surface area contributed by atoms with E-state index < -0.39 is 0 Å². The molecule has 0 saturated heterocycles. The molecule has 0 aliphatic carbocycles. The monoisotopic (exact) mass is 293 g/mol. The maximum absolute atomic E-state index is 11.9. The van der Waals surface area contributed by atoms with E-state index in [9.17, 15) is 4.79 Å². The van der Waals surface area contributed by atoms with E-state index in [4.69, 9.17) is 4.42 Å². The van der Waals surface area contributed by atoms with Gasteiger partial charge in [-0.3, -0.25) is 10.1 Å². The van der Waals surface area contributed by atoms with E-state index in [0.29, 0.717) is 5.89 Å². The van der Waals surface area contributed by atoms with Crippen molar-refractivity contribution in [1.82, 2.24) is 10.2 Å². The zero-order valence-electron chi connectivity index (χ0n) is 12.1. The van der Waals surface area contributed by atoms with Gasteiger partial charge in [-0.1, -0.05) is 53.1 Å². The smallest absolute Gasteiger partial charge is 0.322 e. The number of hydrogen-bond donors (Lipinski definition) is 1. The second kappa shape index (κ2) is 6.22. The Morgan fingerprint density at radius 1 is 1.05 bits per heavy atom. The van der Waals surface area contributed by atoms with Crippen molar-refractivity contribution in [2.75, 3.05) is 5.32 Å². The lowest BCUT2D eigenvalue weighted by atomic mass is 10.1. The highest BCUT2D eigenvalue weighted by Gasteiger charge is 2.11. The summed E-state index contributed by atoms with van der Waals surface area (Å²) in [5.41, 5.74) is 2.90. The fraction of sp³-hybridized carbons (Fsp3) is 0.118. The molecule has 0 bridgehead atoms. The standard InChI is InChI=1S/C17H15N3O2/c1-12-7-9-14(10-8-12)16-19-20-17(22-16)18-15(21)11-13-5-3-2-4-6-13/h2-10H,11H2,1H3,(H,18,20,21). The molecule has 0 fully saturated rings. The number of aromatic nitrogens is 2. The van der Waals surface area contributed by atoms with Gasteiger partial charge in [-0.25, -0.2) is 0 Å². The molecule has 1 heterocycles. The zero-order valence-corrected chi connectivity index (χ0v) is 12.1. The Morgan fingerprint density at radius 2 is 1.77 bits per heavy atom. The van der Waals surface area contributed by atoms with Gasteiger partial charge in [-0.05, 0) is 24.6 Å². The van der Waals surface area contributed by atoms with E-state index in [0.717, 1.165) is 16.7 Å². The van der Waals surface area contributed by atoms with Crippen LogP contribution in [0.15, 0.2) is 59.0 Å². The first kappa shape index (κ1) is 14.0. The SMILES string of the molecule is Cc1ccc(-c2nnc(NC(=O)Cc3ccccc3)o2)cc1. The van der Waals surface area contributed by atoms with Gasteiger partial charge in [-0.2, -0.15) is 0 Å². The topological polar surface area (TPSA) is 68.0 Å². The summed E-state index contributed by atoms with van der Waals surface area (Å²) in [5, 5.41) is 10.4. The third-order valence-electron chi connectivity index (χ3n) is 3.18. The summed E-state index contributed by atoms with van der Waals surface area (Å²) in [5.74, 6) is 0.195. The van der Waals surface area contributed by atoms with Gasteiger partial charge >= 0.3 is 6.01 Å². The molecule has 0 unspecified atom stereocenters. The lowest BCUT2D eigenvalue weighted by Gasteiger charge is -2.00. The molecule has 0 saturated carbocycles. The van der Waals surface area contributed by atoms with E-state index in [1.165, 1.54) is 0 Å². The Kier molecular flexibility index (Phi) is 3.96. The highest BCUT2D eigenvalue weighted by molar-refractivity contribution is 5.90. The van der Waals surface area contributed by atoms with Crippen LogP contribution in [0.5, 0.6) is 0 Å². The average molecular weight is 293 g/mol. The van der Waals surface area contributed by atoms with Crippen molar-refractivity contribution in [2.45, 2.75) is 13.3 Å². The molecule has 2 aromatic carbocycles. The minimum Gasteiger partial charge on any atom is -0.403 e. The van der Waals surface area contributed by atoms with E-state index >= 15 is 0 Å². The van der Waals surface area contributed by atoms with Crippen molar-refractivity contribution in [2.24, 2.45) is 0 Å². The lowest BCUT2D eigenvalue weighted by molar-refractivity contribution is -0.115. The number of amides is 1. The Balaban J connectivity index is 1.66. The number of carbonyl (C=O) groups excluding carboxylic acids is 1. The largest absolute Gasteiger partial charge is 0.403 e. The Bertz CT molecular complexity index is 764. The van der Waals surface area contributed by atoms with Crippen molar-refractivity contribution >= 4 is 11.9 Å². The Labute approximate surface area is 128 Å². The van der Waals surface area contributed by atoms with Crippen molar-refractivity contribution in [3.05, 3.63) is 65.7 Å². The van der Waals surface area contributed by atoms with Crippen LogP contribution >= 0.6 is 0 Å². The molecule has 0 aliphatic rings. The van der Waals surface area contributed by atoms with Gasteiger partial charge < -0.3 is 4.42 Å². The summed E-state index contributed by atoms with van der Waals surface area (Å²) >= 11 is 0. The number of nitrogens with zero attached hydrogens (tertiary/aromatic N) is 2. The molecular formula is C17H15N3O2. The van der Waals surface area contributed by atoms with Crippen LogP contribution in [-0.4, -0.2) is 16.1 Å². The van der Waals surface area contributed by atoms with E-state index in [1.54, 1.807) is 0 Å². The predicted molar refractivity (Wildman–Crippen MR) is 83.2 cm³/mol. The normalized spacial score (nSPS) is 10.4. The maximum Gasteiger partial charge on any atom is 0.322 e. The number of hydrogen-bond acceptors (Lipinski definition) is 4. The minimum atomic E-state index is -0.190. The highest BCUT2D eigenvalue weighted by Crippen LogP contribution is 2.20. The first-order valence-electron chi connectivity index (χ1n) is 6.95. The third-order valence-corrected chi connectivity index (χ3v) is 3.18. The molecule has 0 aliphatic heterocycles. The number of anilines is 1. The second-order valence-corrected chi connectivity index (χ2v) is 4.99. The molecule has 1 amide bonds. The summed E-state index contributed by atoms with van der Waals surface area (Å²) in [4.78, 5) is 11.9. The molecule has 3 rings (SSSR count). The second-order valence-electron chi connectivity index (χ2n) is 4.99. The number of nitrogens with one attached hydrogen (secondary N) is 1. The van der Waals surface area contributed by atoms with Crippen molar-refractivity contribution in [3.63, 3.8) is 0 Å². The molecule has 0 atom stereocenters.